The van der Waals surface area contributed by atoms with Gasteiger partial charge in [0.15, 0.2) is 6.61 Å². The van der Waals surface area contributed by atoms with Crippen molar-refractivity contribution < 1.29 is 27.5 Å². The van der Waals surface area contributed by atoms with Crippen LogP contribution in [0.5, 0.6) is 0 Å². The van der Waals surface area contributed by atoms with Crippen LogP contribution in [-0.4, -0.2) is 24.5 Å². The largest absolute Gasteiger partial charge is 0.450 e. The van der Waals surface area contributed by atoms with E-state index in [9.17, 15) is 22.8 Å². The van der Waals surface area contributed by atoms with E-state index < -0.39 is 30.5 Å². The van der Waals surface area contributed by atoms with E-state index in [1.54, 1.807) is 0 Å². The maximum Gasteiger partial charge on any atom is 0.422 e. The number of Topliss-reactive ketones (excluding diaryl/α,β-unsaturated/α-hetero) is 1. The van der Waals surface area contributed by atoms with Gasteiger partial charge in [-0.05, 0) is 6.42 Å². The summed E-state index contributed by atoms with van der Waals surface area (Å²) in [6.45, 7) is 3.02. The lowest BCUT2D eigenvalue weighted by Gasteiger charge is -2.09. The number of rotatable bonds is 5. The van der Waals surface area contributed by atoms with Gasteiger partial charge in [0, 0.05) is 5.92 Å². The second kappa shape index (κ2) is 5.53. The van der Waals surface area contributed by atoms with Gasteiger partial charge < -0.3 is 4.74 Å². The van der Waals surface area contributed by atoms with Gasteiger partial charge in [-0.2, -0.15) is 13.2 Å². The number of allylic oxidation sites excluding steroid dienone is 1. The molecule has 3 nitrogen and oxygen atoms in total. The summed E-state index contributed by atoms with van der Waals surface area (Å²) in [4.78, 5) is 21.9. The summed E-state index contributed by atoms with van der Waals surface area (Å²) in [5, 5.41) is 0. The van der Waals surface area contributed by atoms with Crippen LogP contribution < -0.4 is 0 Å². The quantitative estimate of drug-likeness (QED) is 0.407. The highest BCUT2D eigenvalue weighted by atomic mass is 19.4. The summed E-state index contributed by atoms with van der Waals surface area (Å²) >= 11 is 0. The molecule has 0 aliphatic carbocycles. The fourth-order valence-corrected chi connectivity index (χ4v) is 0.777. The van der Waals surface area contributed by atoms with E-state index in [-0.39, 0.29) is 6.42 Å². The van der Waals surface area contributed by atoms with Gasteiger partial charge in [-0.1, -0.05) is 13.0 Å². The molecule has 0 spiro atoms. The summed E-state index contributed by atoms with van der Waals surface area (Å²) in [6, 6.07) is 0. The number of carbonyl (C=O) groups is 2. The Labute approximate surface area is 84.9 Å². The molecule has 0 aromatic carbocycles. The molecule has 1 atom stereocenters. The van der Waals surface area contributed by atoms with E-state index in [0.717, 1.165) is 0 Å². The summed E-state index contributed by atoms with van der Waals surface area (Å²) in [5.41, 5.74) is 0. The number of ketones is 1. The van der Waals surface area contributed by atoms with Crippen molar-refractivity contribution in [2.24, 2.45) is 5.92 Å². The van der Waals surface area contributed by atoms with Crippen LogP contribution in [-0.2, 0) is 14.3 Å². The molecular formula is C9H11F3O3. The predicted molar refractivity (Wildman–Crippen MR) is 46.0 cm³/mol. The Morgan fingerprint density at radius 2 is 2.00 bits per heavy atom. The summed E-state index contributed by atoms with van der Waals surface area (Å²) < 4.78 is 38.7. The summed E-state index contributed by atoms with van der Waals surface area (Å²) in [5.74, 6) is -3.14. The zero-order chi connectivity index (χ0) is 12.1. The van der Waals surface area contributed by atoms with E-state index in [4.69, 9.17) is 0 Å². The van der Waals surface area contributed by atoms with Crippen LogP contribution in [0.15, 0.2) is 12.7 Å². The molecular weight excluding hydrogens is 213 g/mol. The molecule has 0 saturated heterocycles. The second-order valence-electron chi connectivity index (χ2n) is 2.98. The Bertz CT molecular complexity index is 258. The Kier molecular flexibility index (Phi) is 5.04. The third kappa shape index (κ3) is 5.87. The standard InChI is InChI=1S/C9H11F3O3/c1-3-4-6(2)7(13)8(14)15-5-9(10,11)12/h3,6H,1,4-5H2,2H3. The number of halogens is 3. The van der Waals surface area contributed by atoms with Gasteiger partial charge in [0.2, 0.25) is 5.78 Å². The minimum Gasteiger partial charge on any atom is -0.450 e. The molecule has 6 heteroatoms. The van der Waals surface area contributed by atoms with Crippen molar-refractivity contribution >= 4 is 11.8 Å². The average molecular weight is 224 g/mol. The van der Waals surface area contributed by atoms with Crippen molar-refractivity contribution in [2.75, 3.05) is 6.61 Å². The molecule has 0 radical (unpaired) electrons. The Morgan fingerprint density at radius 3 is 2.40 bits per heavy atom. The Hall–Kier alpha value is -1.33. The number of esters is 1. The molecule has 0 aromatic rings. The van der Waals surface area contributed by atoms with E-state index in [1.165, 1.54) is 13.0 Å². The second-order valence-corrected chi connectivity index (χ2v) is 2.98. The van der Waals surface area contributed by atoms with Gasteiger partial charge in [-0.15, -0.1) is 6.58 Å². The van der Waals surface area contributed by atoms with Crippen molar-refractivity contribution in [3.05, 3.63) is 12.7 Å². The zero-order valence-corrected chi connectivity index (χ0v) is 8.13. The van der Waals surface area contributed by atoms with Crippen molar-refractivity contribution in [3.8, 4) is 0 Å². The van der Waals surface area contributed by atoms with Gasteiger partial charge >= 0.3 is 12.1 Å². The van der Waals surface area contributed by atoms with Crippen LogP contribution in [0.2, 0.25) is 0 Å². The predicted octanol–water partition coefficient (Wildman–Crippen LogP) is 1.87. The average Bonchev–Trinajstić information content (AvgIpc) is 2.12. The van der Waals surface area contributed by atoms with Gasteiger partial charge in [0.05, 0.1) is 0 Å². The van der Waals surface area contributed by atoms with E-state index in [2.05, 4.69) is 11.3 Å². The van der Waals surface area contributed by atoms with Crippen LogP contribution in [0, 0.1) is 5.92 Å². The number of hydrogen-bond donors (Lipinski definition) is 0. The molecule has 0 saturated carbocycles. The SMILES string of the molecule is C=CCC(C)C(=O)C(=O)OCC(F)(F)F. The van der Waals surface area contributed by atoms with Crippen LogP contribution >= 0.6 is 0 Å². The Balaban J connectivity index is 4.11. The van der Waals surface area contributed by atoms with Gasteiger partial charge in [-0.25, -0.2) is 4.79 Å². The molecule has 0 rings (SSSR count). The van der Waals surface area contributed by atoms with Crippen molar-refractivity contribution in [2.45, 2.75) is 19.5 Å². The van der Waals surface area contributed by atoms with Crippen LogP contribution in [0.4, 0.5) is 13.2 Å². The minimum atomic E-state index is -4.61. The first-order valence-corrected chi connectivity index (χ1v) is 4.16. The molecule has 0 aromatic heterocycles. The highest BCUT2D eigenvalue weighted by Crippen LogP contribution is 2.15. The molecule has 0 bridgehead atoms. The maximum atomic E-state index is 11.6. The lowest BCUT2D eigenvalue weighted by Crippen LogP contribution is -2.28. The topological polar surface area (TPSA) is 43.4 Å². The fourth-order valence-electron chi connectivity index (χ4n) is 0.777. The van der Waals surface area contributed by atoms with E-state index in [0.29, 0.717) is 0 Å². The smallest absolute Gasteiger partial charge is 0.422 e. The number of carbonyl (C=O) groups excluding carboxylic acids is 2. The minimum absolute atomic E-state index is 0.222. The van der Waals surface area contributed by atoms with Crippen LogP contribution in [0.3, 0.4) is 0 Å². The summed E-state index contributed by atoms with van der Waals surface area (Å²) in [6.07, 6.45) is -2.99. The molecule has 0 aliphatic rings. The molecule has 15 heavy (non-hydrogen) atoms. The maximum absolute atomic E-state index is 11.6. The van der Waals surface area contributed by atoms with Crippen molar-refractivity contribution in [1.29, 1.82) is 0 Å². The Morgan fingerprint density at radius 1 is 1.47 bits per heavy atom. The summed E-state index contributed by atoms with van der Waals surface area (Å²) in [7, 11) is 0. The van der Waals surface area contributed by atoms with E-state index in [1.807, 2.05) is 0 Å². The van der Waals surface area contributed by atoms with E-state index >= 15 is 0 Å². The molecule has 0 amide bonds. The molecule has 1 unspecified atom stereocenters. The normalized spacial score (nSPS) is 13.1. The van der Waals surface area contributed by atoms with Crippen molar-refractivity contribution in [3.63, 3.8) is 0 Å². The highest BCUT2D eigenvalue weighted by Gasteiger charge is 2.32. The number of alkyl halides is 3. The van der Waals surface area contributed by atoms with Crippen LogP contribution in [0.25, 0.3) is 0 Å². The highest BCUT2D eigenvalue weighted by molar-refractivity contribution is 6.34. The molecule has 86 valence electrons. The lowest BCUT2D eigenvalue weighted by molar-refractivity contribution is -0.187. The van der Waals surface area contributed by atoms with Crippen molar-refractivity contribution in [1.82, 2.24) is 0 Å². The van der Waals surface area contributed by atoms with Crippen LogP contribution in [0.1, 0.15) is 13.3 Å². The third-order valence-corrected chi connectivity index (χ3v) is 1.54. The van der Waals surface area contributed by atoms with Gasteiger partial charge in [0.25, 0.3) is 0 Å². The molecule has 0 fully saturated rings. The monoisotopic (exact) mass is 224 g/mol. The van der Waals surface area contributed by atoms with Gasteiger partial charge in [0.1, 0.15) is 0 Å². The molecule has 0 N–H and O–H groups in total. The first kappa shape index (κ1) is 13.7. The van der Waals surface area contributed by atoms with Gasteiger partial charge in [-0.3, -0.25) is 4.79 Å². The molecule has 0 aliphatic heterocycles. The fraction of sp³-hybridized carbons (Fsp3) is 0.556. The molecule has 0 heterocycles. The third-order valence-electron chi connectivity index (χ3n) is 1.54. The number of ether oxygens (including phenoxy) is 1. The number of hydrogen-bond acceptors (Lipinski definition) is 3. The lowest BCUT2D eigenvalue weighted by atomic mass is 10.0. The zero-order valence-electron chi connectivity index (χ0n) is 8.13. The first-order chi connectivity index (χ1) is 6.78. The first-order valence-electron chi connectivity index (χ1n) is 4.16.